The fourth-order valence-electron chi connectivity index (χ4n) is 3.87. The van der Waals surface area contributed by atoms with E-state index in [0.29, 0.717) is 36.6 Å². The number of hydrogen-bond donors (Lipinski definition) is 4. The molecule has 0 unspecified atom stereocenters. The third-order valence-corrected chi connectivity index (χ3v) is 5.57. The van der Waals surface area contributed by atoms with E-state index in [1.54, 1.807) is 0 Å². The van der Waals surface area contributed by atoms with E-state index >= 15 is 0 Å². The van der Waals surface area contributed by atoms with Crippen LogP contribution in [-0.4, -0.2) is 48.7 Å². The largest absolute Gasteiger partial charge is 0.465 e. The van der Waals surface area contributed by atoms with E-state index in [-0.39, 0.29) is 6.54 Å². The van der Waals surface area contributed by atoms with Crippen LogP contribution in [0.5, 0.6) is 0 Å². The minimum Gasteiger partial charge on any atom is -0.465 e. The van der Waals surface area contributed by atoms with Gasteiger partial charge in [-0.2, -0.15) is 0 Å². The molecule has 156 valence electrons. The molecule has 2 atom stereocenters. The van der Waals surface area contributed by atoms with Crippen LogP contribution in [0, 0.1) is 6.92 Å². The number of halogens is 1. The Labute approximate surface area is 175 Å². The summed E-state index contributed by atoms with van der Waals surface area (Å²) in [7, 11) is 0. The molecule has 6 nitrogen and oxygen atoms in total. The number of aryl methyl sites for hydroxylation is 1. The molecule has 1 amide bonds. The summed E-state index contributed by atoms with van der Waals surface area (Å²) in [5, 5.41) is 26.9. The number of aliphatic hydroxyl groups is 1. The van der Waals surface area contributed by atoms with Crippen LogP contribution in [-0.2, 0) is 10.3 Å². The molecule has 0 aliphatic carbocycles. The second kappa shape index (κ2) is 9.59. The molecule has 0 bridgehead atoms. The zero-order valence-electron chi connectivity index (χ0n) is 16.5. The lowest BCUT2D eigenvalue weighted by atomic mass is 9.79. The lowest BCUT2D eigenvalue weighted by Gasteiger charge is -2.40. The van der Waals surface area contributed by atoms with E-state index in [2.05, 4.69) is 10.6 Å². The van der Waals surface area contributed by atoms with Crippen molar-refractivity contribution in [2.24, 2.45) is 0 Å². The number of carboxylic acid groups (broad SMARTS) is 1. The maximum Gasteiger partial charge on any atom is 0.404 e. The lowest BCUT2D eigenvalue weighted by Crippen LogP contribution is -2.52. The molecule has 0 aromatic heterocycles. The van der Waals surface area contributed by atoms with Gasteiger partial charge in [0.2, 0.25) is 0 Å². The van der Waals surface area contributed by atoms with Gasteiger partial charge in [0.25, 0.3) is 0 Å². The van der Waals surface area contributed by atoms with Crippen LogP contribution >= 0.6 is 11.6 Å². The Morgan fingerprint density at radius 3 is 2.83 bits per heavy atom. The van der Waals surface area contributed by atoms with Gasteiger partial charge in [-0.15, -0.1) is 0 Å². The van der Waals surface area contributed by atoms with E-state index in [9.17, 15) is 9.90 Å². The zero-order chi connectivity index (χ0) is 20.9. The Balaban J connectivity index is 2.03. The van der Waals surface area contributed by atoms with Gasteiger partial charge >= 0.3 is 6.09 Å². The highest BCUT2D eigenvalue weighted by Crippen LogP contribution is 2.42. The maximum atomic E-state index is 11.9. The zero-order valence-corrected chi connectivity index (χ0v) is 17.2. The predicted molar refractivity (Wildman–Crippen MR) is 113 cm³/mol. The summed E-state index contributed by atoms with van der Waals surface area (Å²) < 4.78 is 5.94. The van der Waals surface area contributed by atoms with Gasteiger partial charge in [-0.05, 0) is 37.0 Å². The number of benzene rings is 2. The Hall–Kier alpha value is -2.12. The van der Waals surface area contributed by atoms with Gasteiger partial charge in [0.1, 0.15) is 11.7 Å². The fraction of sp³-hybridized carbons (Fsp3) is 0.409. The van der Waals surface area contributed by atoms with Crippen molar-refractivity contribution in [3.05, 3.63) is 58.6 Å². The minimum atomic E-state index is -1.32. The summed E-state index contributed by atoms with van der Waals surface area (Å²) in [4.78, 5) is 10.8. The number of amides is 1. The number of morpholine rings is 1. The number of nitrogens with one attached hydrogen (secondary N) is 2. The molecular weight excluding hydrogens is 392 g/mol. The van der Waals surface area contributed by atoms with Crippen LogP contribution < -0.4 is 10.6 Å². The van der Waals surface area contributed by atoms with Gasteiger partial charge in [0, 0.05) is 30.2 Å². The van der Waals surface area contributed by atoms with Crippen molar-refractivity contribution in [1.82, 2.24) is 10.6 Å². The summed E-state index contributed by atoms with van der Waals surface area (Å²) in [5.74, 6) is 0. The molecule has 2 aromatic carbocycles. The standard InChI is InChI=1S/C22H27ClN2O4/c1-15-5-2-6-16(13-15)20-17(7-3-8-18(20)23)22(28,9-4-10-25-21(26)27)19-14-24-11-12-29-19/h2-3,5-8,13,19,24-25,28H,4,9-12,14H2,1H3,(H,26,27)/t19-,22-/m1/s1. The first kappa shape index (κ1) is 21.6. The molecule has 1 fully saturated rings. The van der Waals surface area contributed by atoms with Crippen molar-refractivity contribution < 1.29 is 19.7 Å². The summed E-state index contributed by atoms with van der Waals surface area (Å²) >= 11 is 6.61. The van der Waals surface area contributed by atoms with E-state index < -0.39 is 17.8 Å². The molecule has 29 heavy (non-hydrogen) atoms. The SMILES string of the molecule is Cc1cccc(-c2c(Cl)cccc2[C@](O)(CCCNC(=O)O)[C@H]2CNCCO2)c1. The molecule has 1 aliphatic rings. The average molecular weight is 419 g/mol. The highest BCUT2D eigenvalue weighted by atomic mass is 35.5. The van der Waals surface area contributed by atoms with Crippen LogP contribution in [0.15, 0.2) is 42.5 Å². The first-order valence-electron chi connectivity index (χ1n) is 9.79. The fourth-order valence-corrected chi connectivity index (χ4v) is 4.16. The highest BCUT2D eigenvalue weighted by Gasteiger charge is 2.42. The van der Waals surface area contributed by atoms with Crippen molar-refractivity contribution in [1.29, 1.82) is 0 Å². The quantitative estimate of drug-likeness (QED) is 0.516. The van der Waals surface area contributed by atoms with E-state index in [4.69, 9.17) is 21.4 Å². The van der Waals surface area contributed by atoms with Crippen molar-refractivity contribution in [3.63, 3.8) is 0 Å². The van der Waals surface area contributed by atoms with Crippen molar-refractivity contribution >= 4 is 17.7 Å². The third kappa shape index (κ3) is 5.08. The molecule has 1 aliphatic heterocycles. The van der Waals surface area contributed by atoms with Crippen LogP contribution in [0.1, 0.15) is 24.0 Å². The molecule has 3 rings (SSSR count). The molecule has 0 spiro atoms. The monoisotopic (exact) mass is 418 g/mol. The predicted octanol–water partition coefficient (Wildman–Crippen LogP) is 3.54. The van der Waals surface area contributed by atoms with Crippen LogP contribution in [0.4, 0.5) is 4.79 Å². The second-order valence-corrected chi connectivity index (χ2v) is 7.76. The smallest absolute Gasteiger partial charge is 0.404 e. The molecular formula is C22H27ClN2O4. The van der Waals surface area contributed by atoms with Crippen molar-refractivity contribution in [3.8, 4) is 11.1 Å². The summed E-state index contributed by atoms with van der Waals surface area (Å²) in [6.07, 6.45) is -0.753. The summed E-state index contributed by atoms with van der Waals surface area (Å²) in [6, 6.07) is 13.5. The molecule has 1 saturated heterocycles. The van der Waals surface area contributed by atoms with E-state index in [0.717, 1.165) is 23.2 Å². The summed E-state index contributed by atoms with van der Waals surface area (Å²) in [6.45, 7) is 3.99. The Morgan fingerprint density at radius 1 is 1.34 bits per heavy atom. The first-order valence-corrected chi connectivity index (χ1v) is 10.2. The Morgan fingerprint density at radius 2 is 2.14 bits per heavy atom. The molecule has 1 heterocycles. The van der Waals surface area contributed by atoms with Crippen LogP contribution in [0.2, 0.25) is 5.02 Å². The molecule has 7 heteroatoms. The lowest BCUT2D eigenvalue weighted by molar-refractivity contribution is -0.129. The van der Waals surface area contributed by atoms with E-state index in [1.165, 1.54) is 0 Å². The van der Waals surface area contributed by atoms with Gasteiger partial charge in [-0.1, -0.05) is 53.6 Å². The van der Waals surface area contributed by atoms with Gasteiger partial charge in [-0.3, -0.25) is 0 Å². The number of ether oxygens (including phenoxy) is 1. The topological polar surface area (TPSA) is 90.8 Å². The van der Waals surface area contributed by atoms with Crippen molar-refractivity contribution in [2.75, 3.05) is 26.2 Å². The number of hydrogen-bond acceptors (Lipinski definition) is 4. The van der Waals surface area contributed by atoms with E-state index in [1.807, 2.05) is 49.4 Å². The van der Waals surface area contributed by atoms with Crippen LogP contribution in [0.25, 0.3) is 11.1 Å². The average Bonchev–Trinajstić information content (AvgIpc) is 2.71. The van der Waals surface area contributed by atoms with Gasteiger partial charge in [-0.25, -0.2) is 4.79 Å². The van der Waals surface area contributed by atoms with Crippen molar-refractivity contribution in [2.45, 2.75) is 31.5 Å². The number of carbonyl (C=O) groups is 1. The molecule has 2 aromatic rings. The molecule has 0 saturated carbocycles. The van der Waals surface area contributed by atoms with Gasteiger partial charge < -0.3 is 25.6 Å². The van der Waals surface area contributed by atoms with Gasteiger partial charge in [0.05, 0.1) is 6.61 Å². The normalized spacial score (nSPS) is 18.8. The number of rotatable bonds is 7. The Kier molecular flexibility index (Phi) is 7.14. The second-order valence-electron chi connectivity index (χ2n) is 7.36. The highest BCUT2D eigenvalue weighted by molar-refractivity contribution is 6.33. The first-order chi connectivity index (χ1) is 13.9. The third-order valence-electron chi connectivity index (χ3n) is 5.26. The van der Waals surface area contributed by atoms with Crippen LogP contribution in [0.3, 0.4) is 0 Å². The molecule has 4 N–H and O–H groups in total. The minimum absolute atomic E-state index is 0.248. The summed E-state index contributed by atoms with van der Waals surface area (Å²) in [5.41, 5.74) is 2.17. The molecule has 0 radical (unpaired) electrons. The Bertz CT molecular complexity index is 854. The maximum absolute atomic E-state index is 11.9. The van der Waals surface area contributed by atoms with Gasteiger partial charge in [0.15, 0.2) is 0 Å².